The topological polar surface area (TPSA) is 0 Å². The minimum Gasteiger partial charge on any atom is -1.00 e. The van der Waals surface area contributed by atoms with Crippen LogP contribution in [0.5, 0.6) is 0 Å². The number of hydrogen-bond acceptors (Lipinski definition) is 0. The van der Waals surface area contributed by atoms with Crippen molar-refractivity contribution in [2.24, 2.45) is 0 Å². The molecule has 0 fully saturated rings. The van der Waals surface area contributed by atoms with Crippen molar-refractivity contribution in [1.82, 2.24) is 0 Å². The molecule has 2 aromatic carbocycles. The van der Waals surface area contributed by atoms with E-state index in [1.54, 1.807) is 0 Å². The van der Waals surface area contributed by atoms with Crippen molar-refractivity contribution in [2.75, 3.05) is 26.2 Å². The molecule has 25 heavy (non-hydrogen) atoms. The first-order chi connectivity index (χ1) is 11.6. The fraction of sp³-hybridized carbons (Fsp3) is 0.304. The van der Waals surface area contributed by atoms with Gasteiger partial charge in [-0.15, -0.1) is 0 Å². The van der Waals surface area contributed by atoms with E-state index in [2.05, 4.69) is 86.6 Å². The van der Waals surface area contributed by atoms with Crippen molar-refractivity contribution in [3.05, 3.63) is 60.2 Å². The van der Waals surface area contributed by atoms with Gasteiger partial charge in [-0.05, 0) is 55.0 Å². The third kappa shape index (κ3) is 5.79. The molecule has 0 saturated heterocycles. The van der Waals surface area contributed by atoms with Gasteiger partial charge in [-0.3, -0.25) is 0 Å². The Labute approximate surface area is 163 Å². The average molecular weight is 396 g/mol. The molecular weight excluding hydrogens is 370 g/mol. The van der Waals surface area contributed by atoms with Crippen LogP contribution in [-0.4, -0.2) is 30.7 Å². The summed E-state index contributed by atoms with van der Waals surface area (Å²) < 4.78 is 0.901. The fourth-order valence-corrected chi connectivity index (χ4v) is 2.72. The van der Waals surface area contributed by atoms with Crippen LogP contribution in [0, 0.1) is 23.7 Å². The Morgan fingerprint density at radius 3 is 2.28 bits per heavy atom. The highest BCUT2D eigenvalue weighted by molar-refractivity contribution is 5.88. The molecule has 1 nitrogen and oxygen atoms in total. The molecule has 130 valence electrons. The van der Waals surface area contributed by atoms with Gasteiger partial charge in [0.1, 0.15) is 13.1 Å². The van der Waals surface area contributed by atoms with Crippen molar-refractivity contribution in [3.8, 4) is 23.7 Å². The molecule has 0 aliphatic rings. The number of allylic oxidation sites excluding steroid dienone is 1. The van der Waals surface area contributed by atoms with E-state index in [0.717, 1.165) is 41.8 Å². The number of nitrogens with zero attached hydrogens (tertiary/aromatic N) is 1. The van der Waals surface area contributed by atoms with Gasteiger partial charge in [0.05, 0.1) is 13.1 Å². The molecular formula is C23H26BrN. The maximum absolute atomic E-state index is 3.85. The van der Waals surface area contributed by atoms with Crippen LogP contribution in [0.1, 0.15) is 26.3 Å². The average Bonchev–Trinajstić information content (AvgIpc) is 2.60. The van der Waals surface area contributed by atoms with Gasteiger partial charge >= 0.3 is 0 Å². The van der Waals surface area contributed by atoms with Crippen molar-refractivity contribution in [2.45, 2.75) is 20.8 Å². The predicted octanol–water partition coefficient (Wildman–Crippen LogP) is 1.63. The highest BCUT2D eigenvalue weighted by Gasteiger charge is 2.20. The molecule has 0 amide bonds. The molecule has 0 heterocycles. The second-order valence-electron chi connectivity index (χ2n) is 6.20. The summed E-state index contributed by atoms with van der Waals surface area (Å²) in [6, 6.07) is 14.7. The number of halogens is 1. The molecule has 0 aliphatic heterocycles. The van der Waals surface area contributed by atoms with E-state index in [1.165, 1.54) is 10.8 Å². The lowest BCUT2D eigenvalue weighted by Crippen LogP contribution is -3.00. The van der Waals surface area contributed by atoms with E-state index < -0.39 is 0 Å². The standard InChI is InChI=1S/C23H26N.BrH/c1-5-24(6-2,18-10-12-20(3)4)19-11-16-22-15-9-14-21-13-7-8-17-23(21)22;/h7-9,13-15,17H,3,5-6,18-19H2,1-2,4H3;1H/q+1;/p-1. The smallest absolute Gasteiger partial charge is 0.142 e. The molecule has 0 N–H and O–H groups in total. The second kappa shape index (κ2) is 10.1. The number of rotatable bonds is 4. The number of quaternary nitrogens is 1. The second-order valence-corrected chi connectivity index (χ2v) is 6.20. The summed E-state index contributed by atoms with van der Waals surface area (Å²) >= 11 is 0. The number of benzene rings is 2. The van der Waals surface area contributed by atoms with Gasteiger partial charge in [0.15, 0.2) is 0 Å². The first-order valence-electron chi connectivity index (χ1n) is 8.56. The molecule has 0 radical (unpaired) electrons. The first kappa shape index (κ1) is 21.0. The van der Waals surface area contributed by atoms with Gasteiger partial charge in [0.2, 0.25) is 0 Å². The molecule has 2 aromatic rings. The Morgan fingerprint density at radius 2 is 1.60 bits per heavy atom. The summed E-state index contributed by atoms with van der Waals surface area (Å²) in [6.45, 7) is 13.9. The van der Waals surface area contributed by atoms with Crippen LogP contribution in [0.4, 0.5) is 0 Å². The van der Waals surface area contributed by atoms with Crippen LogP contribution < -0.4 is 17.0 Å². The van der Waals surface area contributed by atoms with E-state index in [-0.39, 0.29) is 17.0 Å². The lowest BCUT2D eigenvalue weighted by Gasteiger charge is -2.32. The monoisotopic (exact) mass is 395 g/mol. The van der Waals surface area contributed by atoms with Crippen LogP contribution in [0.3, 0.4) is 0 Å². The Bertz CT molecular complexity index is 833. The van der Waals surface area contributed by atoms with Gasteiger partial charge < -0.3 is 21.5 Å². The third-order valence-electron chi connectivity index (χ3n) is 4.49. The molecule has 2 rings (SSSR count). The van der Waals surface area contributed by atoms with Gasteiger partial charge in [-0.1, -0.05) is 54.8 Å². The van der Waals surface area contributed by atoms with Crippen LogP contribution in [0.25, 0.3) is 10.8 Å². The minimum atomic E-state index is 0. The maximum atomic E-state index is 3.85. The minimum absolute atomic E-state index is 0. The maximum Gasteiger partial charge on any atom is 0.142 e. The summed E-state index contributed by atoms with van der Waals surface area (Å²) in [5.74, 6) is 13.1. The summed E-state index contributed by atoms with van der Waals surface area (Å²) in [7, 11) is 0. The molecule has 0 unspecified atom stereocenters. The zero-order valence-electron chi connectivity index (χ0n) is 15.4. The molecule has 0 atom stereocenters. The molecule has 0 aromatic heterocycles. The molecule has 0 spiro atoms. The van der Waals surface area contributed by atoms with Crippen LogP contribution in [-0.2, 0) is 0 Å². The summed E-state index contributed by atoms with van der Waals surface area (Å²) in [5, 5.41) is 2.46. The van der Waals surface area contributed by atoms with E-state index in [4.69, 9.17) is 0 Å². The Hall–Kier alpha value is -2.00. The van der Waals surface area contributed by atoms with Crippen LogP contribution in [0.2, 0.25) is 0 Å². The van der Waals surface area contributed by atoms with Crippen LogP contribution >= 0.6 is 0 Å². The fourth-order valence-electron chi connectivity index (χ4n) is 2.72. The van der Waals surface area contributed by atoms with Gasteiger partial charge in [-0.25, -0.2) is 0 Å². The Kier molecular flexibility index (Phi) is 8.50. The van der Waals surface area contributed by atoms with Gasteiger partial charge in [0.25, 0.3) is 0 Å². The van der Waals surface area contributed by atoms with E-state index in [1.807, 2.05) is 6.92 Å². The highest BCUT2D eigenvalue weighted by atomic mass is 79.9. The molecule has 0 saturated carbocycles. The molecule has 2 heteroatoms. The lowest BCUT2D eigenvalue weighted by atomic mass is 10.1. The largest absolute Gasteiger partial charge is 1.00 e. The lowest BCUT2D eigenvalue weighted by molar-refractivity contribution is -0.911. The van der Waals surface area contributed by atoms with E-state index >= 15 is 0 Å². The van der Waals surface area contributed by atoms with Gasteiger partial charge in [0, 0.05) is 5.56 Å². The van der Waals surface area contributed by atoms with Crippen molar-refractivity contribution >= 4 is 10.8 Å². The summed E-state index contributed by atoms with van der Waals surface area (Å²) in [5.41, 5.74) is 2.02. The van der Waals surface area contributed by atoms with Crippen molar-refractivity contribution < 1.29 is 21.5 Å². The zero-order valence-corrected chi connectivity index (χ0v) is 17.0. The Balaban J connectivity index is 0.00000312. The van der Waals surface area contributed by atoms with Crippen molar-refractivity contribution in [1.29, 1.82) is 0 Å². The summed E-state index contributed by atoms with van der Waals surface area (Å²) in [6.07, 6.45) is 0. The normalized spacial score (nSPS) is 10.0. The van der Waals surface area contributed by atoms with E-state index in [9.17, 15) is 0 Å². The van der Waals surface area contributed by atoms with E-state index in [0.29, 0.717) is 0 Å². The van der Waals surface area contributed by atoms with Crippen molar-refractivity contribution in [3.63, 3.8) is 0 Å². The quantitative estimate of drug-likeness (QED) is 0.545. The highest BCUT2D eigenvalue weighted by Crippen LogP contribution is 2.17. The predicted molar refractivity (Wildman–Crippen MR) is 104 cm³/mol. The third-order valence-corrected chi connectivity index (χ3v) is 4.49. The SMILES string of the molecule is C=C(C)C#CC[N+](CC)(CC)CC#Cc1cccc2ccccc12.[Br-]. The zero-order chi connectivity index (χ0) is 17.4. The number of hydrogen-bond donors (Lipinski definition) is 0. The van der Waals surface area contributed by atoms with Crippen LogP contribution in [0.15, 0.2) is 54.6 Å². The molecule has 0 aliphatic carbocycles. The van der Waals surface area contributed by atoms with Gasteiger partial charge in [-0.2, -0.15) is 0 Å². The Morgan fingerprint density at radius 1 is 0.960 bits per heavy atom. The summed E-state index contributed by atoms with van der Waals surface area (Å²) in [4.78, 5) is 0. The molecule has 0 bridgehead atoms. The number of fused-ring (bicyclic) bond motifs is 1. The first-order valence-corrected chi connectivity index (χ1v) is 8.56.